The van der Waals surface area contributed by atoms with Crippen molar-refractivity contribution in [3.63, 3.8) is 0 Å². The Labute approximate surface area is 92.5 Å². The maximum Gasteiger partial charge on any atom is 0.172 e. The number of hydrogen-bond acceptors (Lipinski definition) is 4. The van der Waals surface area contributed by atoms with Crippen LogP contribution in [0.2, 0.25) is 0 Å². The second-order valence-electron chi connectivity index (χ2n) is 4.10. The minimum absolute atomic E-state index is 0.156. The molecular formula is C10H13NOS2. The fourth-order valence-electron chi connectivity index (χ4n) is 2.68. The van der Waals surface area contributed by atoms with Crippen LogP contribution in [-0.2, 0) is 4.79 Å². The van der Waals surface area contributed by atoms with E-state index < -0.39 is 0 Å². The molecule has 0 aliphatic carbocycles. The van der Waals surface area contributed by atoms with Crippen LogP contribution in [0.5, 0.6) is 0 Å². The summed E-state index contributed by atoms with van der Waals surface area (Å²) in [6, 6.07) is 0.630. The normalized spacial score (nSPS) is 39.9. The summed E-state index contributed by atoms with van der Waals surface area (Å²) in [4.78, 5) is 13.9. The standard InChI is InChI=1S/C10H13NOS2/c1-11-7-6-10(13-4-5-14-10)9(11)3-2-8(7)12/h2-3,7,9H,4-6H2,1H3/t7-,9-/m1/s1. The van der Waals surface area contributed by atoms with Gasteiger partial charge in [-0.15, -0.1) is 23.5 Å². The number of carbonyl (C=O) groups excluding carboxylic acids is 1. The van der Waals surface area contributed by atoms with Crippen LogP contribution in [0.4, 0.5) is 0 Å². The first-order valence-corrected chi connectivity index (χ1v) is 6.92. The molecule has 0 radical (unpaired) electrons. The van der Waals surface area contributed by atoms with E-state index in [9.17, 15) is 4.79 Å². The molecule has 0 aromatic heterocycles. The second-order valence-corrected chi connectivity index (χ2v) is 7.21. The lowest BCUT2D eigenvalue weighted by Gasteiger charge is -2.31. The molecule has 2 nitrogen and oxygen atoms in total. The lowest BCUT2D eigenvalue weighted by atomic mass is 10.1. The van der Waals surface area contributed by atoms with Gasteiger partial charge in [-0.1, -0.05) is 6.08 Å². The summed E-state index contributed by atoms with van der Waals surface area (Å²) in [5, 5.41) is 0. The van der Waals surface area contributed by atoms with Crippen molar-refractivity contribution in [2.75, 3.05) is 18.6 Å². The fourth-order valence-corrected chi connectivity index (χ4v) is 6.25. The van der Waals surface area contributed by atoms with Crippen molar-refractivity contribution < 1.29 is 4.79 Å². The van der Waals surface area contributed by atoms with E-state index >= 15 is 0 Å². The maximum absolute atomic E-state index is 11.7. The molecule has 2 atom stereocenters. The summed E-state index contributed by atoms with van der Waals surface area (Å²) in [5.74, 6) is 2.78. The fraction of sp³-hybridized carbons (Fsp3) is 0.700. The third-order valence-corrected chi connectivity index (χ3v) is 6.98. The van der Waals surface area contributed by atoms with Crippen LogP contribution in [0, 0.1) is 0 Å². The highest BCUT2D eigenvalue weighted by molar-refractivity contribution is 8.21. The molecule has 14 heavy (non-hydrogen) atoms. The van der Waals surface area contributed by atoms with Gasteiger partial charge in [0, 0.05) is 11.5 Å². The summed E-state index contributed by atoms with van der Waals surface area (Å²) >= 11 is 4.10. The quantitative estimate of drug-likeness (QED) is 0.622. The summed E-state index contributed by atoms with van der Waals surface area (Å²) in [5.41, 5.74) is 0. The van der Waals surface area contributed by atoms with E-state index in [1.54, 1.807) is 6.08 Å². The topological polar surface area (TPSA) is 20.3 Å². The summed E-state index contributed by atoms with van der Waals surface area (Å²) in [7, 11) is 2.09. The van der Waals surface area contributed by atoms with Gasteiger partial charge in [0.05, 0.1) is 16.2 Å². The predicted octanol–water partition coefficient (Wildman–Crippen LogP) is 1.37. The van der Waals surface area contributed by atoms with Crippen LogP contribution in [0.25, 0.3) is 0 Å². The highest BCUT2D eigenvalue weighted by Crippen LogP contribution is 2.56. The average molecular weight is 227 g/mol. The minimum atomic E-state index is 0.156. The Morgan fingerprint density at radius 1 is 1.50 bits per heavy atom. The van der Waals surface area contributed by atoms with Gasteiger partial charge < -0.3 is 0 Å². The molecule has 3 rings (SSSR count). The van der Waals surface area contributed by atoms with Gasteiger partial charge in [-0.25, -0.2) is 0 Å². The maximum atomic E-state index is 11.7. The van der Waals surface area contributed by atoms with Crippen molar-refractivity contribution in [2.45, 2.75) is 22.6 Å². The van der Waals surface area contributed by atoms with Crippen molar-refractivity contribution in [3.8, 4) is 0 Å². The Morgan fingerprint density at radius 3 is 2.86 bits per heavy atom. The molecule has 0 saturated carbocycles. The zero-order valence-electron chi connectivity index (χ0n) is 8.10. The number of likely N-dealkylation sites (N-methyl/N-ethyl adjacent to an activating group) is 1. The molecule has 2 fully saturated rings. The molecule has 3 aliphatic heterocycles. The number of hydrogen-bond donors (Lipinski definition) is 0. The summed E-state index contributed by atoms with van der Waals surface area (Å²) in [6.07, 6.45) is 4.94. The van der Waals surface area contributed by atoms with Crippen LogP contribution < -0.4 is 0 Å². The van der Waals surface area contributed by atoms with Crippen molar-refractivity contribution in [1.82, 2.24) is 4.90 Å². The molecule has 2 bridgehead atoms. The SMILES string of the molecule is CN1[C@@H]2CC3(SCCS3)[C@H]1C=CC2=O. The van der Waals surface area contributed by atoms with E-state index in [-0.39, 0.29) is 6.04 Å². The molecule has 1 spiro atoms. The molecule has 0 unspecified atom stereocenters. The van der Waals surface area contributed by atoms with Gasteiger partial charge in [-0.3, -0.25) is 9.69 Å². The zero-order chi connectivity index (χ0) is 9.76. The molecule has 0 N–H and O–H groups in total. The van der Waals surface area contributed by atoms with E-state index in [0.29, 0.717) is 15.9 Å². The first-order valence-electron chi connectivity index (χ1n) is 4.95. The van der Waals surface area contributed by atoms with E-state index in [4.69, 9.17) is 0 Å². The molecule has 3 aliphatic rings. The van der Waals surface area contributed by atoms with Gasteiger partial charge in [0.2, 0.25) is 0 Å². The number of rotatable bonds is 0. The van der Waals surface area contributed by atoms with Gasteiger partial charge in [0.15, 0.2) is 5.78 Å². The first kappa shape index (κ1) is 9.31. The largest absolute Gasteiger partial charge is 0.293 e. The number of carbonyl (C=O) groups is 1. The smallest absolute Gasteiger partial charge is 0.172 e. The number of nitrogens with zero attached hydrogens (tertiary/aromatic N) is 1. The number of ketones is 1. The van der Waals surface area contributed by atoms with Crippen molar-refractivity contribution in [2.24, 2.45) is 0 Å². The summed E-state index contributed by atoms with van der Waals surface area (Å²) < 4.78 is 0.294. The van der Waals surface area contributed by atoms with Crippen LogP contribution in [-0.4, -0.2) is 45.4 Å². The van der Waals surface area contributed by atoms with E-state index in [0.717, 1.165) is 6.42 Å². The van der Waals surface area contributed by atoms with Crippen LogP contribution >= 0.6 is 23.5 Å². The molecule has 3 heterocycles. The Morgan fingerprint density at radius 2 is 2.21 bits per heavy atom. The van der Waals surface area contributed by atoms with Gasteiger partial charge in [-0.05, 0) is 19.5 Å². The van der Waals surface area contributed by atoms with Gasteiger partial charge >= 0.3 is 0 Å². The minimum Gasteiger partial charge on any atom is -0.293 e. The van der Waals surface area contributed by atoms with Gasteiger partial charge in [-0.2, -0.15) is 0 Å². The highest BCUT2D eigenvalue weighted by atomic mass is 32.2. The Hall–Kier alpha value is 0.0700. The Kier molecular flexibility index (Phi) is 2.01. The van der Waals surface area contributed by atoms with Gasteiger partial charge in [0.1, 0.15) is 0 Å². The van der Waals surface area contributed by atoms with Crippen LogP contribution in [0.15, 0.2) is 12.2 Å². The predicted molar refractivity (Wildman–Crippen MR) is 61.8 cm³/mol. The lowest BCUT2D eigenvalue weighted by molar-refractivity contribution is -0.119. The van der Waals surface area contributed by atoms with Crippen molar-refractivity contribution in [3.05, 3.63) is 12.2 Å². The van der Waals surface area contributed by atoms with Crippen molar-refractivity contribution in [1.29, 1.82) is 0 Å². The second kappa shape index (κ2) is 3.03. The summed E-state index contributed by atoms with van der Waals surface area (Å²) in [6.45, 7) is 0. The highest BCUT2D eigenvalue weighted by Gasteiger charge is 2.55. The molecular weight excluding hydrogens is 214 g/mol. The van der Waals surface area contributed by atoms with Crippen molar-refractivity contribution >= 4 is 29.3 Å². The van der Waals surface area contributed by atoms with Gasteiger partial charge in [0.25, 0.3) is 0 Å². The zero-order valence-corrected chi connectivity index (χ0v) is 9.74. The average Bonchev–Trinajstić information content (AvgIpc) is 2.67. The molecule has 0 aromatic carbocycles. The first-order chi connectivity index (χ1) is 6.73. The third-order valence-electron chi connectivity index (χ3n) is 3.41. The molecule has 0 amide bonds. The molecule has 4 heteroatoms. The lowest BCUT2D eigenvalue weighted by Crippen LogP contribution is -2.42. The van der Waals surface area contributed by atoms with E-state index in [1.165, 1.54) is 11.5 Å². The van der Waals surface area contributed by atoms with E-state index in [2.05, 4.69) is 41.5 Å². The van der Waals surface area contributed by atoms with Crippen LogP contribution in [0.1, 0.15) is 6.42 Å². The molecule has 0 aromatic rings. The Balaban J connectivity index is 2.00. The monoisotopic (exact) mass is 227 g/mol. The number of thioether (sulfide) groups is 2. The number of fused-ring (bicyclic) bond motifs is 3. The van der Waals surface area contributed by atoms with Crippen LogP contribution in [0.3, 0.4) is 0 Å². The Bertz CT molecular complexity index is 309. The third kappa shape index (κ3) is 1.08. The van der Waals surface area contributed by atoms with E-state index in [1.807, 2.05) is 0 Å². The molecule has 76 valence electrons. The molecule has 2 saturated heterocycles.